The minimum absolute atomic E-state index is 0.0540. The van der Waals surface area contributed by atoms with Gasteiger partial charge in [-0.15, -0.1) is 0 Å². The van der Waals surface area contributed by atoms with Crippen molar-refractivity contribution >= 4 is 33.2 Å². The van der Waals surface area contributed by atoms with Crippen LogP contribution in [-0.4, -0.2) is 27.5 Å². The van der Waals surface area contributed by atoms with E-state index >= 15 is 0 Å². The molecule has 0 aromatic heterocycles. The molecule has 9 heteroatoms. The maximum Gasteiger partial charge on any atom is 0.262 e. The number of nitrogens with one attached hydrogen (secondary N) is 2. The summed E-state index contributed by atoms with van der Waals surface area (Å²) in [5, 5.41) is 3.37. The third-order valence-corrected chi connectivity index (χ3v) is 6.37. The zero-order valence-electron chi connectivity index (χ0n) is 16.3. The highest BCUT2D eigenvalue weighted by molar-refractivity contribution is 7.92. The summed E-state index contributed by atoms with van der Waals surface area (Å²) in [6, 6.07) is 17.8. The molecule has 0 radical (unpaired) electrons. The Hall–Kier alpha value is -3.23. The van der Waals surface area contributed by atoms with Crippen LogP contribution in [0.25, 0.3) is 0 Å². The molecule has 1 aliphatic rings. The topological polar surface area (TPSA) is 93.7 Å². The van der Waals surface area contributed by atoms with Crippen molar-refractivity contribution in [1.29, 1.82) is 0 Å². The molecule has 7 nitrogen and oxygen atoms in total. The van der Waals surface area contributed by atoms with Crippen molar-refractivity contribution in [2.24, 2.45) is 0 Å². The molecule has 160 valence electrons. The molecule has 0 bridgehead atoms. The van der Waals surface area contributed by atoms with Gasteiger partial charge in [-0.3, -0.25) is 9.52 Å². The van der Waals surface area contributed by atoms with E-state index in [1.54, 1.807) is 24.3 Å². The lowest BCUT2D eigenvalue weighted by Crippen LogP contribution is -2.23. The normalized spacial score (nSPS) is 12.8. The molecule has 31 heavy (non-hydrogen) atoms. The number of amides is 1. The lowest BCUT2D eigenvalue weighted by atomic mass is 10.2. The second-order valence-electron chi connectivity index (χ2n) is 6.76. The molecule has 0 aliphatic carbocycles. The van der Waals surface area contributed by atoms with Gasteiger partial charge >= 0.3 is 0 Å². The summed E-state index contributed by atoms with van der Waals surface area (Å²) in [6.07, 6.45) is 0. The van der Waals surface area contributed by atoms with Crippen LogP contribution in [0.5, 0.6) is 11.5 Å². The van der Waals surface area contributed by atoms with Crippen molar-refractivity contribution in [3.05, 3.63) is 82.9 Å². The smallest absolute Gasteiger partial charge is 0.262 e. The van der Waals surface area contributed by atoms with Crippen LogP contribution in [0.15, 0.2) is 71.6 Å². The third-order valence-electron chi connectivity index (χ3n) is 4.62. The number of hydrogen-bond acceptors (Lipinski definition) is 5. The van der Waals surface area contributed by atoms with Crippen LogP contribution in [0.2, 0.25) is 5.02 Å². The highest BCUT2D eigenvalue weighted by Crippen LogP contribution is 2.32. The van der Waals surface area contributed by atoms with Gasteiger partial charge in [0, 0.05) is 28.9 Å². The standard InChI is InChI=1S/C22H19ClN2O5S/c23-19-4-2-1-3-16(19)14-24-22(26)15-5-7-17(8-6-15)25-31(27,28)18-9-10-20-21(13-18)30-12-11-29-20/h1-10,13,25H,11-12,14H2,(H,24,26). The molecule has 0 fully saturated rings. The average molecular weight is 459 g/mol. The van der Waals surface area contributed by atoms with Gasteiger partial charge in [-0.05, 0) is 48.0 Å². The Morgan fingerprint density at radius 3 is 2.39 bits per heavy atom. The van der Waals surface area contributed by atoms with Crippen molar-refractivity contribution in [3.63, 3.8) is 0 Å². The number of halogens is 1. The van der Waals surface area contributed by atoms with E-state index < -0.39 is 10.0 Å². The predicted octanol–water partition coefficient (Wildman–Crippen LogP) is 3.84. The van der Waals surface area contributed by atoms with Crippen LogP contribution in [0.1, 0.15) is 15.9 Å². The Balaban J connectivity index is 1.42. The molecule has 3 aromatic carbocycles. The Kier molecular flexibility index (Phi) is 6.01. The number of fused-ring (bicyclic) bond motifs is 1. The fourth-order valence-corrected chi connectivity index (χ4v) is 4.29. The summed E-state index contributed by atoms with van der Waals surface area (Å²) >= 11 is 6.09. The Morgan fingerprint density at radius 2 is 1.65 bits per heavy atom. The summed E-state index contributed by atoms with van der Waals surface area (Å²) in [5.41, 5.74) is 1.54. The van der Waals surface area contributed by atoms with Gasteiger partial charge in [-0.25, -0.2) is 8.42 Å². The number of rotatable bonds is 6. The van der Waals surface area contributed by atoms with E-state index in [0.717, 1.165) is 5.56 Å². The molecule has 0 spiro atoms. The predicted molar refractivity (Wildman–Crippen MR) is 117 cm³/mol. The number of carbonyl (C=O) groups excluding carboxylic acids is 1. The first kappa shape index (κ1) is 21.0. The van der Waals surface area contributed by atoms with Crippen molar-refractivity contribution in [2.45, 2.75) is 11.4 Å². The number of anilines is 1. The molecule has 0 unspecified atom stereocenters. The van der Waals surface area contributed by atoms with Crippen LogP contribution in [-0.2, 0) is 16.6 Å². The first-order valence-electron chi connectivity index (χ1n) is 9.46. The highest BCUT2D eigenvalue weighted by atomic mass is 35.5. The molecular formula is C22H19ClN2O5S. The minimum atomic E-state index is -3.83. The van der Waals surface area contributed by atoms with Crippen LogP contribution in [0, 0.1) is 0 Å². The maximum atomic E-state index is 12.7. The van der Waals surface area contributed by atoms with Crippen LogP contribution in [0.3, 0.4) is 0 Å². The van der Waals surface area contributed by atoms with Crippen LogP contribution < -0.4 is 19.5 Å². The van der Waals surface area contributed by atoms with Gasteiger partial charge in [0.2, 0.25) is 0 Å². The quantitative estimate of drug-likeness (QED) is 0.585. The lowest BCUT2D eigenvalue weighted by molar-refractivity contribution is 0.0951. The van der Waals surface area contributed by atoms with E-state index in [1.165, 1.54) is 24.3 Å². The zero-order chi connectivity index (χ0) is 21.8. The number of sulfonamides is 1. The number of benzene rings is 3. The van der Waals surface area contributed by atoms with E-state index in [4.69, 9.17) is 21.1 Å². The SMILES string of the molecule is O=C(NCc1ccccc1Cl)c1ccc(NS(=O)(=O)c2ccc3c(c2)OCCO3)cc1. The van der Waals surface area contributed by atoms with Crippen LogP contribution >= 0.6 is 11.6 Å². The fourth-order valence-electron chi connectivity index (χ4n) is 3.01. The second kappa shape index (κ2) is 8.87. The molecule has 4 rings (SSSR count). The van der Waals surface area contributed by atoms with E-state index in [9.17, 15) is 13.2 Å². The van der Waals surface area contributed by atoms with E-state index in [0.29, 0.717) is 41.0 Å². The van der Waals surface area contributed by atoms with Crippen molar-refractivity contribution in [3.8, 4) is 11.5 Å². The van der Waals surface area contributed by atoms with Gasteiger partial charge in [-0.2, -0.15) is 0 Å². The molecule has 0 saturated heterocycles. The van der Waals surface area contributed by atoms with E-state index in [-0.39, 0.29) is 17.3 Å². The molecule has 1 amide bonds. The number of carbonyl (C=O) groups is 1. The highest BCUT2D eigenvalue weighted by Gasteiger charge is 2.19. The van der Waals surface area contributed by atoms with Crippen molar-refractivity contribution in [1.82, 2.24) is 5.32 Å². The van der Waals surface area contributed by atoms with Crippen molar-refractivity contribution in [2.75, 3.05) is 17.9 Å². The maximum absolute atomic E-state index is 12.7. The van der Waals surface area contributed by atoms with Gasteiger partial charge in [-0.1, -0.05) is 29.8 Å². The second-order valence-corrected chi connectivity index (χ2v) is 8.85. The molecular weight excluding hydrogens is 440 g/mol. The fraction of sp³-hybridized carbons (Fsp3) is 0.136. The zero-order valence-corrected chi connectivity index (χ0v) is 17.9. The summed E-state index contributed by atoms with van der Waals surface area (Å²) in [7, 11) is -3.83. The summed E-state index contributed by atoms with van der Waals surface area (Å²) in [6.45, 7) is 1.08. The Labute approximate surface area is 185 Å². The summed E-state index contributed by atoms with van der Waals surface area (Å²) in [5.74, 6) is 0.609. The largest absolute Gasteiger partial charge is 0.486 e. The van der Waals surface area contributed by atoms with Gasteiger partial charge in [0.25, 0.3) is 15.9 Å². The van der Waals surface area contributed by atoms with Gasteiger partial charge in [0.15, 0.2) is 11.5 Å². The number of hydrogen-bond donors (Lipinski definition) is 2. The Morgan fingerprint density at radius 1 is 0.935 bits per heavy atom. The summed E-state index contributed by atoms with van der Waals surface area (Å²) in [4.78, 5) is 12.4. The monoisotopic (exact) mass is 458 g/mol. The van der Waals surface area contributed by atoms with Gasteiger partial charge in [0.1, 0.15) is 13.2 Å². The molecule has 0 saturated carbocycles. The summed E-state index contributed by atoms with van der Waals surface area (Å²) < 4.78 is 38.8. The van der Waals surface area contributed by atoms with E-state index in [1.807, 2.05) is 18.2 Å². The van der Waals surface area contributed by atoms with E-state index in [2.05, 4.69) is 10.0 Å². The number of ether oxygens (including phenoxy) is 2. The molecule has 2 N–H and O–H groups in total. The molecule has 3 aromatic rings. The average Bonchev–Trinajstić information content (AvgIpc) is 2.78. The van der Waals surface area contributed by atoms with Crippen LogP contribution in [0.4, 0.5) is 5.69 Å². The lowest BCUT2D eigenvalue weighted by Gasteiger charge is -2.19. The first-order valence-corrected chi connectivity index (χ1v) is 11.3. The minimum Gasteiger partial charge on any atom is -0.486 e. The van der Waals surface area contributed by atoms with Gasteiger partial charge in [0.05, 0.1) is 4.90 Å². The van der Waals surface area contributed by atoms with Gasteiger partial charge < -0.3 is 14.8 Å². The van der Waals surface area contributed by atoms with Crippen molar-refractivity contribution < 1.29 is 22.7 Å². The Bertz CT molecular complexity index is 1210. The third kappa shape index (κ3) is 4.92. The molecule has 1 aliphatic heterocycles. The molecule has 0 atom stereocenters. The molecule has 1 heterocycles. The first-order chi connectivity index (χ1) is 14.9.